The Morgan fingerprint density at radius 1 is 1.16 bits per heavy atom. The summed E-state index contributed by atoms with van der Waals surface area (Å²) in [5, 5.41) is 3.70. The van der Waals surface area contributed by atoms with E-state index < -0.39 is 0 Å². The molecule has 0 saturated carbocycles. The molecule has 1 saturated heterocycles. The van der Waals surface area contributed by atoms with E-state index in [9.17, 15) is 0 Å². The Hall–Kier alpha value is -0.0800. The van der Waals surface area contributed by atoms with Gasteiger partial charge in [-0.15, -0.1) is 0 Å². The molecule has 114 valence electrons. The van der Waals surface area contributed by atoms with Crippen LogP contribution >= 0.6 is 0 Å². The van der Waals surface area contributed by atoms with Crippen LogP contribution in [0.3, 0.4) is 0 Å². The lowest BCUT2D eigenvalue weighted by Gasteiger charge is -2.35. The van der Waals surface area contributed by atoms with Crippen molar-refractivity contribution >= 4 is 0 Å². The summed E-state index contributed by atoms with van der Waals surface area (Å²) in [6.07, 6.45) is 4.05. The number of hydrogen-bond acceptors (Lipinski definition) is 2. The van der Waals surface area contributed by atoms with Crippen molar-refractivity contribution in [3.8, 4) is 0 Å². The van der Waals surface area contributed by atoms with Crippen LogP contribution in [0.2, 0.25) is 0 Å². The highest BCUT2D eigenvalue weighted by Crippen LogP contribution is 2.38. The standard InChI is InChI=1S/C17H36N2/c1-8-17(9-2)10-11-19(13-17)15(14(3)4)12-18-16(5,6)7/h14-15,18H,8-13H2,1-7H3. The van der Waals surface area contributed by atoms with Gasteiger partial charge in [-0.3, -0.25) is 4.90 Å². The Kier molecular flexibility index (Phi) is 5.88. The normalized spacial score (nSPS) is 22.1. The van der Waals surface area contributed by atoms with Gasteiger partial charge in [0.15, 0.2) is 0 Å². The van der Waals surface area contributed by atoms with Crippen molar-refractivity contribution in [1.82, 2.24) is 10.2 Å². The second kappa shape index (κ2) is 6.58. The second-order valence-corrected chi connectivity index (χ2v) is 7.87. The average molecular weight is 268 g/mol. The molecule has 1 atom stereocenters. The van der Waals surface area contributed by atoms with E-state index in [2.05, 4.69) is 58.7 Å². The fourth-order valence-corrected chi connectivity index (χ4v) is 3.28. The molecule has 1 fully saturated rings. The van der Waals surface area contributed by atoms with Crippen LogP contribution in [-0.2, 0) is 0 Å². The van der Waals surface area contributed by atoms with Crippen LogP contribution in [0.25, 0.3) is 0 Å². The van der Waals surface area contributed by atoms with Gasteiger partial charge in [0, 0.05) is 24.7 Å². The van der Waals surface area contributed by atoms with Gasteiger partial charge < -0.3 is 5.32 Å². The predicted octanol–water partition coefficient (Wildman–Crippen LogP) is 3.91. The average Bonchev–Trinajstić information content (AvgIpc) is 2.72. The third-order valence-corrected chi connectivity index (χ3v) is 5.05. The molecule has 0 aromatic rings. The summed E-state index contributed by atoms with van der Waals surface area (Å²) in [7, 11) is 0. The SMILES string of the molecule is CCC1(CC)CCN(C(CNC(C)(C)C)C(C)C)C1. The van der Waals surface area contributed by atoms with Crippen LogP contribution in [0.5, 0.6) is 0 Å². The zero-order chi connectivity index (χ0) is 14.7. The first-order valence-electron chi connectivity index (χ1n) is 8.22. The summed E-state index contributed by atoms with van der Waals surface area (Å²) in [4.78, 5) is 2.75. The lowest BCUT2D eigenvalue weighted by molar-refractivity contribution is 0.149. The Labute approximate surface area is 121 Å². The number of nitrogens with zero attached hydrogens (tertiary/aromatic N) is 1. The van der Waals surface area contributed by atoms with Gasteiger partial charge in [-0.1, -0.05) is 27.7 Å². The molecule has 1 unspecified atom stereocenters. The minimum absolute atomic E-state index is 0.222. The molecule has 0 aromatic carbocycles. The molecule has 19 heavy (non-hydrogen) atoms. The van der Waals surface area contributed by atoms with Crippen molar-refractivity contribution in [2.24, 2.45) is 11.3 Å². The molecule has 1 aliphatic heterocycles. The van der Waals surface area contributed by atoms with Crippen molar-refractivity contribution < 1.29 is 0 Å². The van der Waals surface area contributed by atoms with Gasteiger partial charge >= 0.3 is 0 Å². The van der Waals surface area contributed by atoms with Crippen LogP contribution in [0.1, 0.15) is 67.7 Å². The van der Waals surface area contributed by atoms with Crippen molar-refractivity contribution in [3.05, 3.63) is 0 Å². The topological polar surface area (TPSA) is 15.3 Å². The van der Waals surface area contributed by atoms with E-state index in [1.807, 2.05) is 0 Å². The largest absolute Gasteiger partial charge is 0.311 e. The van der Waals surface area contributed by atoms with Crippen molar-refractivity contribution in [1.29, 1.82) is 0 Å². The number of nitrogens with one attached hydrogen (secondary N) is 1. The third kappa shape index (κ3) is 4.75. The van der Waals surface area contributed by atoms with E-state index in [1.54, 1.807) is 0 Å². The molecule has 0 amide bonds. The minimum atomic E-state index is 0.222. The van der Waals surface area contributed by atoms with E-state index in [0.29, 0.717) is 11.5 Å². The molecule has 0 radical (unpaired) electrons. The molecule has 1 aliphatic rings. The molecule has 0 aromatic heterocycles. The zero-order valence-electron chi connectivity index (χ0n) is 14.3. The minimum Gasteiger partial charge on any atom is -0.311 e. The van der Waals surface area contributed by atoms with E-state index in [-0.39, 0.29) is 5.54 Å². The van der Waals surface area contributed by atoms with Crippen LogP contribution in [-0.4, -0.2) is 36.1 Å². The zero-order valence-corrected chi connectivity index (χ0v) is 14.3. The maximum Gasteiger partial charge on any atom is 0.0244 e. The smallest absolute Gasteiger partial charge is 0.0244 e. The van der Waals surface area contributed by atoms with Gasteiger partial charge in [0.2, 0.25) is 0 Å². The summed E-state index contributed by atoms with van der Waals surface area (Å²) >= 11 is 0. The number of rotatable bonds is 6. The van der Waals surface area contributed by atoms with E-state index in [4.69, 9.17) is 0 Å². The maximum atomic E-state index is 3.70. The first-order valence-corrected chi connectivity index (χ1v) is 8.22. The highest BCUT2D eigenvalue weighted by atomic mass is 15.2. The molecule has 0 spiro atoms. The molecule has 0 aliphatic carbocycles. The maximum absolute atomic E-state index is 3.70. The molecule has 2 heteroatoms. The quantitative estimate of drug-likeness (QED) is 0.785. The highest BCUT2D eigenvalue weighted by Gasteiger charge is 2.38. The Morgan fingerprint density at radius 2 is 1.74 bits per heavy atom. The van der Waals surface area contributed by atoms with Crippen LogP contribution in [0.15, 0.2) is 0 Å². The molecule has 1 heterocycles. The van der Waals surface area contributed by atoms with Crippen molar-refractivity contribution in [3.63, 3.8) is 0 Å². The summed E-state index contributed by atoms with van der Waals surface area (Å²) in [5.41, 5.74) is 0.814. The van der Waals surface area contributed by atoms with Crippen LogP contribution < -0.4 is 5.32 Å². The molecular weight excluding hydrogens is 232 g/mol. The van der Waals surface area contributed by atoms with Gasteiger partial charge in [-0.2, -0.15) is 0 Å². The summed E-state index contributed by atoms with van der Waals surface area (Å²) in [6, 6.07) is 0.680. The van der Waals surface area contributed by atoms with E-state index >= 15 is 0 Å². The van der Waals surface area contributed by atoms with Crippen LogP contribution in [0, 0.1) is 11.3 Å². The Balaban J connectivity index is 2.64. The van der Waals surface area contributed by atoms with E-state index in [1.165, 1.54) is 32.4 Å². The predicted molar refractivity (Wildman–Crippen MR) is 85.6 cm³/mol. The Bertz CT molecular complexity index is 261. The first-order chi connectivity index (χ1) is 8.73. The Morgan fingerprint density at radius 3 is 2.11 bits per heavy atom. The third-order valence-electron chi connectivity index (χ3n) is 5.05. The number of hydrogen-bond donors (Lipinski definition) is 1. The molecule has 0 bridgehead atoms. The lowest BCUT2D eigenvalue weighted by Crippen LogP contribution is -2.49. The molecule has 1 rings (SSSR count). The highest BCUT2D eigenvalue weighted by molar-refractivity contribution is 4.92. The van der Waals surface area contributed by atoms with Gasteiger partial charge in [0.1, 0.15) is 0 Å². The lowest BCUT2D eigenvalue weighted by atomic mass is 9.82. The van der Waals surface area contributed by atoms with Crippen molar-refractivity contribution in [2.75, 3.05) is 19.6 Å². The summed E-state index contributed by atoms with van der Waals surface area (Å²) in [6.45, 7) is 20.0. The molecular formula is C17H36N2. The van der Waals surface area contributed by atoms with Crippen LogP contribution in [0.4, 0.5) is 0 Å². The van der Waals surface area contributed by atoms with E-state index in [0.717, 1.165) is 12.5 Å². The number of likely N-dealkylation sites (tertiary alicyclic amines) is 1. The summed E-state index contributed by atoms with van der Waals surface area (Å²) in [5.74, 6) is 0.722. The molecule has 2 nitrogen and oxygen atoms in total. The monoisotopic (exact) mass is 268 g/mol. The second-order valence-electron chi connectivity index (χ2n) is 7.87. The van der Waals surface area contributed by atoms with Gasteiger partial charge in [0.25, 0.3) is 0 Å². The van der Waals surface area contributed by atoms with Gasteiger partial charge in [0.05, 0.1) is 0 Å². The molecule has 1 N–H and O–H groups in total. The first kappa shape index (κ1) is 17.0. The fraction of sp³-hybridized carbons (Fsp3) is 1.00. The van der Waals surface area contributed by atoms with Gasteiger partial charge in [-0.25, -0.2) is 0 Å². The fourth-order valence-electron chi connectivity index (χ4n) is 3.28. The van der Waals surface area contributed by atoms with Crippen molar-refractivity contribution in [2.45, 2.75) is 79.3 Å². The van der Waals surface area contributed by atoms with Gasteiger partial charge in [-0.05, 0) is 57.9 Å². The summed E-state index contributed by atoms with van der Waals surface area (Å²) < 4.78 is 0.